The van der Waals surface area contributed by atoms with Crippen molar-refractivity contribution in [1.82, 2.24) is 5.32 Å². The second-order valence-electron chi connectivity index (χ2n) is 5.23. The largest absolute Gasteiger partial charge is 0.370 e. The molecule has 1 saturated heterocycles. The van der Waals surface area contributed by atoms with Crippen LogP contribution in [-0.4, -0.2) is 19.7 Å². The fourth-order valence-electron chi connectivity index (χ4n) is 2.90. The maximum Gasteiger partial charge on any atom is 0.0943 e. The van der Waals surface area contributed by atoms with Gasteiger partial charge in [-0.1, -0.05) is 38.1 Å². The molecule has 1 aliphatic heterocycles. The molecular weight excluding hydrogens is 222 g/mol. The van der Waals surface area contributed by atoms with E-state index in [2.05, 4.69) is 50.5 Å². The molecular formula is C16H25NO. The predicted octanol–water partition coefficient (Wildman–Crippen LogP) is 3.25. The molecule has 2 atom stereocenters. The van der Waals surface area contributed by atoms with Crippen LogP contribution in [0.2, 0.25) is 0 Å². The summed E-state index contributed by atoms with van der Waals surface area (Å²) in [6.45, 7) is 5.28. The minimum atomic E-state index is -0.0851. The van der Waals surface area contributed by atoms with Gasteiger partial charge < -0.3 is 10.1 Å². The first-order valence-corrected chi connectivity index (χ1v) is 7.14. The smallest absolute Gasteiger partial charge is 0.0943 e. The zero-order valence-corrected chi connectivity index (χ0v) is 11.8. The molecule has 0 aromatic heterocycles. The van der Waals surface area contributed by atoms with E-state index in [1.54, 1.807) is 0 Å². The van der Waals surface area contributed by atoms with Crippen molar-refractivity contribution < 1.29 is 4.74 Å². The number of nitrogens with one attached hydrogen (secondary N) is 1. The van der Waals surface area contributed by atoms with Crippen molar-refractivity contribution in [1.29, 1.82) is 0 Å². The summed E-state index contributed by atoms with van der Waals surface area (Å²) in [6, 6.07) is 9.54. The molecule has 0 spiro atoms. The Morgan fingerprint density at radius 1 is 1.28 bits per heavy atom. The Bertz CT molecular complexity index is 373. The van der Waals surface area contributed by atoms with Gasteiger partial charge in [0.15, 0.2) is 0 Å². The van der Waals surface area contributed by atoms with E-state index in [-0.39, 0.29) is 5.60 Å². The monoisotopic (exact) mass is 247 g/mol. The van der Waals surface area contributed by atoms with Crippen molar-refractivity contribution in [3.8, 4) is 0 Å². The molecule has 1 fully saturated rings. The summed E-state index contributed by atoms with van der Waals surface area (Å²) in [4.78, 5) is 0. The van der Waals surface area contributed by atoms with Crippen LogP contribution in [0.5, 0.6) is 0 Å². The average Bonchev–Trinajstić information content (AvgIpc) is 2.47. The Kier molecular flexibility index (Phi) is 4.41. The van der Waals surface area contributed by atoms with Crippen LogP contribution < -0.4 is 5.32 Å². The van der Waals surface area contributed by atoms with E-state index in [0.717, 1.165) is 32.3 Å². The third kappa shape index (κ3) is 2.60. The fourth-order valence-corrected chi connectivity index (χ4v) is 2.90. The number of benzene rings is 1. The topological polar surface area (TPSA) is 21.3 Å². The van der Waals surface area contributed by atoms with Crippen molar-refractivity contribution in [3.05, 3.63) is 35.4 Å². The van der Waals surface area contributed by atoms with Crippen LogP contribution in [0.3, 0.4) is 0 Å². The molecule has 18 heavy (non-hydrogen) atoms. The molecule has 1 aliphatic rings. The summed E-state index contributed by atoms with van der Waals surface area (Å²) >= 11 is 0. The number of hydrogen-bond acceptors (Lipinski definition) is 2. The van der Waals surface area contributed by atoms with E-state index in [1.807, 2.05) is 0 Å². The van der Waals surface area contributed by atoms with E-state index >= 15 is 0 Å². The molecule has 0 amide bonds. The molecule has 2 heteroatoms. The van der Waals surface area contributed by atoms with Gasteiger partial charge in [-0.15, -0.1) is 0 Å². The standard InChI is InChI=1S/C16H25NO/c1-4-13-6-8-14(9-7-13)16(5-2)12-15(17-3)10-11-18-16/h6-9,15,17H,4-5,10-12H2,1-3H3. The van der Waals surface area contributed by atoms with Crippen molar-refractivity contribution in [2.45, 2.75) is 51.2 Å². The summed E-state index contributed by atoms with van der Waals surface area (Å²) in [5.74, 6) is 0. The van der Waals surface area contributed by atoms with Crippen molar-refractivity contribution in [2.75, 3.05) is 13.7 Å². The summed E-state index contributed by atoms with van der Waals surface area (Å²) < 4.78 is 6.17. The van der Waals surface area contributed by atoms with Crippen molar-refractivity contribution in [3.63, 3.8) is 0 Å². The zero-order chi connectivity index (χ0) is 13.0. The Morgan fingerprint density at radius 3 is 2.56 bits per heavy atom. The van der Waals surface area contributed by atoms with Crippen LogP contribution in [0.4, 0.5) is 0 Å². The minimum absolute atomic E-state index is 0.0851. The Morgan fingerprint density at radius 2 is 2.00 bits per heavy atom. The van der Waals surface area contributed by atoms with E-state index in [0.29, 0.717) is 6.04 Å². The third-order valence-corrected chi connectivity index (χ3v) is 4.29. The van der Waals surface area contributed by atoms with Crippen LogP contribution in [0.15, 0.2) is 24.3 Å². The van der Waals surface area contributed by atoms with Gasteiger partial charge in [0.25, 0.3) is 0 Å². The lowest BCUT2D eigenvalue weighted by atomic mass is 9.82. The van der Waals surface area contributed by atoms with Gasteiger partial charge in [0, 0.05) is 12.6 Å². The third-order valence-electron chi connectivity index (χ3n) is 4.29. The highest BCUT2D eigenvalue weighted by Gasteiger charge is 2.37. The van der Waals surface area contributed by atoms with Crippen LogP contribution in [-0.2, 0) is 16.8 Å². The van der Waals surface area contributed by atoms with E-state index in [9.17, 15) is 0 Å². The average molecular weight is 247 g/mol. The van der Waals surface area contributed by atoms with Gasteiger partial charge in [0.1, 0.15) is 0 Å². The van der Waals surface area contributed by atoms with Crippen LogP contribution >= 0.6 is 0 Å². The van der Waals surface area contributed by atoms with Gasteiger partial charge in [0.05, 0.1) is 5.60 Å². The normalized spacial score (nSPS) is 28.3. The first-order valence-electron chi connectivity index (χ1n) is 7.14. The summed E-state index contributed by atoms with van der Waals surface area (Å²) in [5, 5.41) is 3.41. The highest BCUT2D eigenvalue weighted by Crippen LogP contribution is 2.38. The molecule has 1 aromatic rings. The number of ether oxygens (including phenoxy) is 1. The molecule has 0 aliphatic carbocycles. The van der Waals surface area contributed by atoms with E-state index < -0.39 is 0 Å². The molecule has 0 radical (unpaired) electrons. The highest BCUT2D eigenvalue weighted by atomic mass is 16.5. The van der Waals surface area contributed by atoms with Crippen molar-refractivity contribution in [2.24, 2.45) is 0 Å². The summed E-state index contributed by atoms with van der Waals surface area (Å²) in [6.07, 6.45) is 4.33. The number of hydrogen-bond donors (Lipinski definition) is 1. The van der Waals surface area contributed by atoms with Gasteiger partial charge in [-0.25, -0.2) is 0 Å². The fraction of sp³-hybridized carbons (Fsp3) is 0.625. The molecule has 0 bridgehead atoms. The molecule has 2 nitrogen and oxygen atoms in total. The second-order valence-corrected chi connectivity index (χ2v) is 5.23. The minimum Gasteiger partial charge on any atom is -0.370 e. The predicted molar refractivity (Wildman–Crippen MR) is 75.8 cm³/mol. The Labute approximate surface area is 111 Å². The first-order chi connectivity index (χ1) is 8.74. The highest BCUT2D eigenvalue weighted by molar-refractivity contribution is 5.28. The molecule has 2 unspecified atom stereocenters. The Balaban J connectivity index is 2.24. The first kappa shape index (κ1) is 13.6. The van der Waals surface area contributed by atoms with Gasteiger partial charge >= 0.3 is 0 Å². The Hall–Kier alpha value is -0.860. The SMILES string of the molecule is CCc1ccc(C2(CC)CC(NC)CCO2)cc1. The van der Waals surface area contributed by atoms with Crippen LogP contribution in [0, 0.1) is 0 Å². The number of aryl methyl sites for hydroxylation is 1. The van der Waals surface area contributed by atoms with E-state index in [4.69, 9.17) is 4.74 Å². The van der Waals surface area contributed by atoms with Gasteiger partial charge in [-0.2, -0.15) is 0 Å². The molecule has 100 valence electrons. The quantitative estimate of drug-likeness (QED) is 0.882. The van der Waals surface area contributed by atoms with Crippen LogP contribution in [0.1, 0.15) is 44.2 Å². The maximum absolute atomic E-state index is 6.17. The zero-order valence-electron chi connectivity index (χ0n) is 11.8. The lowest BCUT2D eigenvalue weighted by Gasteiger charge is -2.41. The molecule has 1 heterocycles. The van der Waals surface area contributed by atoms with Crippen molar-refractivity contribution >= 4 is 0 Å². The molecule has 1 aromatic carbocycles. The maximum atomic E-state index is 6.17. The second kappa shape index (κ2) is 5.85. The van der Waals surface area contributed by atoms with Gasteiger partial charge in [-0.3, -0.25) is 0 Å². The van der Waals surface area contributed by atoms with Gasteiger partial charge in [-0.05, 0) is 43.9 Å². The number of rotatable bonds is 4. The summed E-state index contributed by atoms with van der Waals surface area (Å²) in [5.41, 5.74) is 2.64. The van der Waals surface area contributed by atoms with Gasteiger partial charge in [0.2, 0.25) is 0 Å². The lowest BCUT2D eigenvalue weighted by molar-refractivity contribution is -0.0961. The summed E-state index contributed by atoms with van der Waals surface area (Å²) in [7, 11) is 2.05. The lowest BCUT2D eigenvalue weighted by Crippen LogP contribution is -2.44. The molecule has 1 N–H and O–H groups in total. The molecule has 2 rings (SSSR count). The molecule has 0 saturated carbocycles. The van der Waals surface area contributed by atoms with E-state index in [1.165, 1.54) is 11.1 Å². The van der Waals surface area contributed by atoms with Crippen LogP contribution in [0.25, 0.3) is 0 Å².